The van der Waals surface area contributed by atoms with Gasteiger partial charge in [-0.15, -0.1) is 0 Å². The van der Waals surface area contributed by atoms with Crippen molar-refractivity contribution >= 4 is 35.5 Å². The van der Waals surface area contributed by atoms with Crippen LogP contribution in [-0.4, -0.2) is 51.8 Å². The second-order valence-electron chi connectivity index (χ2n) is 7.29. The lowest BCUT2D eigenvalue weighted by Crippen LogP contribution is -2.50. The highest BCUT2D eigenvalue weighted by atomic mass is 32.2. The van der Waals surface area contributed by atoms with Gasteiger partial charge in [-0.3, -0.25) is 14.4 Å². The zero-order chi connectivity index (χ0) is 24.2. The summed E-state index contributed by atoms with van der Waals surface area (Å²) in [6.45, 7) is 0. The van der Waals surface area contributed by atoms with Gasteiger partial charge in [-0.25, -0.2) is 4.79 Å². The van der Waals surface area contributed by atoms with Crippen LogP contribution in [0.1, 0.15) is 30.0 Å². The molecule has 0 fully saturated rings. The van der Waals surface area contributed by atoms with Gasteiger partial charge in [-0.05, 0) is 17.5 Å². The van der Waals surface area contributed by atoms with Crippen molar-refractivity contribution in [1.82, 2.24) is 10.6 Å². The molecule has 10 heteroatoms. The number of hydrogen-bond donors (Lipinski definition) is 5. The number of benzene rings is 2. The monoisotopic (exact) mass is 473 g/mol. The van der Waals surface area contributed by atoms with Crippen LogP contribution in [0.2, 0.25) is 0 Å². The number of rotatable bonds is 13. The third-order valence-electron chi connectivity index (χ3n) is 4.71. The van der Waals surface area contributed by atoms with Crippen LogP contribution in [0.5, 0.6) is 0 Å². The Labute approximate surface area is 195 Å². The standard InChI is InChI=1S/C23H27N3O6S/c24-17(22(29)30)11-12-19(27)25-18(14-33-13-15-7-3-1-4-8-15)21(28)26-20(23(31)32)16-9-5-2-6-10-16/h1-10,17-18,20H,11-14,24H2,(H,25,27)(H,26,28)(H,29,30)(H,31,32)/t17-,18-,20+/m0/s1. The molecule has 0 aliphatic heterocycles. The highest BCUT2D eigenvalue weighted by molar-refractivity contribution is 7.98. The summed E-state index contributed by atoms with van der Waals surface area (Å²) in [5.41, 5.74) is 6.87. The number of amides is 2. The molecule has 0 saturated heterocycles. The topological polar surface area (TPSA) is 159 Å². The number of carboxylic acid groups (broad SMARTS) is 2. The summed E-state index contributed by atoms with van der Waals surface area (Å²) in [4.78, 5) is 47.9. The molecule has 0 aliphatic carbocycles. The number of nitrogens with two attached hydrogens (primary N) is 1. The minimum atomic E-state index is -1.28. The van der Waals surface area contributed by atoms with Crippen LogP contribution in [0.4, 0.5) is 0 Å². The Bertz CT molecular complexity index is 942. The molecular weight excluding hydrogens is 446 g/mol. The predicted octanol–water partition coefficient (Wildman–Crippen LogP) is 1.54. The smallest absolute Gasteiger partial charge is 0.330 e. The van der Waals surface area contributed by atoms with E-state index in [1.54, 1.807) is 30.3 Å². The van der Waals surface area contributed by atoms with Gasteiger partial charge in [0.25, 0.3) is 0 Å². The fraction of sp³-hybridized carbons (Fsp3) is 0.304. The van der Waals surface area contributed by atoms with Crippen LogP contribution in [0, 0.1) is 0 Å². The minimum Gasteiger partial charge on any atom is -0.480 e. The molecule has 0 saturated carbocycles. The Morgan fingerprint density at radius 3 is 2.06 bits per heavy atom. The zero-order valence-electron chi connectivity index (χ0n) is 17.8. The van der Waals surface area contributed by atoms with Crippen molar-refractivity contribution in [3.05, 3.63) is 71.8 Å². The van der Waals surface area contributed by atoms with Crippen molar-refractivity contribution in [3.63, 3.8) is 0 Å². The largest absolute Gasteiger partial charge is 0.480 e. The van der Waals surface area contributed by atoms with Crippen LogP contribution in [0.15, 0.2) is 60.7 Å². The first-order chi connectivity index (χ1) is 15.8. The SMILES string of the molecule is N[C@@H](CCC(=O)N[C@@H](CSCc1ccccc1)C(=O)N[C@@H](C(=O)O)c1ccccc1)C(=O)O. The minimum absolute atomic E-state index is 0.0889. The summed E-state index contributed by atoms with van der Waals surface area (Å²) in [6.07, 6.45) is -0.268. The first-order valence-electron chi connectivity index (χ1n) is 10.3. The third kappa shape index (κ3) is 8.95. The molecule has 6 N–H and O–H groups in total. The molecule has 9 nitrogen and oxygen atoms in total. The van der Waals surface area contributed by atoms with E-state index in [-0.39, 0.29) is 18.6 Å². The molecule has 0 heterocycles. The second kappa shape index (κ2) is 13.2. The van der Waals surface area contributed by atoms with Gasteiger partial charge in [-0.1, -0.05) is 60.7 Å². The van der Waals surface area contributed by atoms with E-state index >= 15 is 0 Å². The molecule has 2 aromatic carbocycles. The number of aliphatic carboxylic acids is 2. The first-order valence-corrected chi connectivity index (χ1v) is 11.4. The van der Waals surface area contributed by atoms with Gasteiger partial charge >= 0.3 is 11.9 Å². The molecular formula is C23H27N3O6S. The third-order valence-corrected chi connectivity index (χ3v) is 5.82. The predicted molar refractivity (Wildman–Crippen MR) is 124 cm³/mol. The first kappa shape index (κ1) is 25.9. The quantitative estimate of drug-likeness (QED) is 0.293. The number of carbonyl (C=O) groups excluding carboxylic acids is 2. The van der Waals surface area contributed by atoms with Crippen LogP contribution in [0.25, 0.3) is 0 Å². The highest BCUT2D eigenvalue weighted by Gasteiger charge is 2.28. The lowest BCUT2D eigenvalue weighted by Gasteiger charge is -2.22. The molecule has 2 amide bonds. The lowest BCUT2D eigenvalue weighted by molar-refractivity contribution is -0.142. The van der Waals surface area contributed by atoms with Gasteiger partial charge in [0.2, 0.25) is 11.8 Å². The molecule has 0 spiro atoms. The molecule has 0 aromatic heterocycles. The summed E-state index contributed by atoms with van der Waals surface area (Å²) < 4.78 is 0. The van der Waals surface area contributed by atoms with Crippen molar-refractivity contribution in [2.75, 3.05) is 5.75 Å². The van der Waals surface area contributed by atoms with Gasteiger partial charge < -0.3 is 26.6 Å². The Balaban J connectivity index is 2.06. The van der Waals surface area contributed by atoms with E-state index in [0.717, 1.165) is 5.56 Å². The zero-order valence-corrected chi connectivity index (χ0v) is 18.7. The normalized spacial score (nSPS) is 13.4. The number of carboxylic acids is 2. The molecule has 0 aliphatic rings. The lowest BCUT2D eigenvalue weighted by atomic mass is 10.1. The van der Waals surface area contributed by atoms with Crippen LogP contribution < -0.4 is 16.4 Å². The molecule has 0 unspecified atom stereocenters. The van der Waals surface area contributed by atoms with E-state index < -0.39 is 41.9 Å². The Morgan fingerprint density at radius 1 is 0.879 bits per heavy atom. The highest BCUT2D eigenvalue weighted by Crippen LogP contribution is 2.16. The molecule has 2 aromatic rings. The average molecular weight is 474 g/mol. The Morgan fingerprint density at radius 2 is 1.48 bits per heavy atom. The van der Waals surface area contributed by atoms with Gasteiger partial charge in [0.05, 0.1) is 0 Å². The van der Waals surface area contributed by atoms with Gasteiger partial charge in [0.1, 0.15) is 12.1 Å². The summed E-state index contributed by atoms with van der Waals surface area (Å²) in [6, 6.07) is 14.3. The molecule has 0 bridgehead atoms. The van der Waals surface area contributed by atoms with Crippen LogP contribution >= 0.6 is 11.8 Å². The maximum Gasteiger partial charge on any atom is 0.330 e. The molecule has 176 valence electrons. The summed E-state index contributed by atoms with van der Waals surface area (Å²) >= 11 is 1.40. The molecule has 0 radical (unpaired) electrons. The van der Waals surface area contributed by atoms with E-state index in [1.807, 2.05) is 30.3 Å². The number of hydrogen-bond acceptors (Lipinski definition) is 6. The fourth-order valence-corrected chi connectivity index (χ4v) is 3.92. The number of nitrogens with one attached hydrogen (secondary N) is 2. The Kier molecular flexibility index (Phi) is 10.4. The molecule has 2 rings (SSSR count). The average Bonchev–Trinajstić information content (AvgIpc) is 2.81. The maximum absolute atomic E-state index is 12.9. The van der Waals surface area contributed by atoms with Crippen LogP contribution in [-0.2, 0) is 24.9 Å². The summed E-state index contributed by atoms with van der Waals surface area (Å²) in [5, 5.41) is 23.5. The fourth-order valence-electron chi connectivity index (χ4n) is 2.90. The van der Waals surface area contributed by atoms with Crippen molar-refractivity contribution < 1.29 is 29.4 Å². The van der Waals surface area contributed by atoms with Gasteiger partial charge in [0, 0.05) is 17.9 Å². The van der Waals surface area contributed by atoms with Gasteiger partial charge in [0.15, 0.2) is 6.04 Å². The maximum atomic E-state index is 12.9. The van der Waals surface area contributed by atoms with Crippen molar-refractivity contribution in [2.45, 2.75) is 36.7 Å². The van der Waals surface area contributed by atoms with E-state index in [4.69, 9.17) is 10.8 Å². The summed E-state index contributed by atoms with van der Waals surface area (Å²) in [5.74, 6) is -2.86. The van der Waals surface area contributed by atoms with Crippen molar-refractivity contribution in [2.24, 2.45) is 5.73 Å². The number of thioether (sulfide) groups is 1. The Hall–Kier alpha value is -3.37. The van der Waals surface area contributed by atoms with Crippen LogP contribution in [0.3, 0.4) is 0 Å². The molecule has 33 heavy (non-hydrogen) atoms. The van der Waals surface area contributed by atoms with Crippen molar-refractivity contribution in [1.29, 1.82) is 0 Å². The second-order valence-corrected chi connectivity index (χ2v) is 8.33. The summed E-state index contributed by atoms with van der Waals surface area (Å²) in [7, 11) is 0. The van der Waals surface area contributed by atoms with Gasteiger partial charge in [-0.2, -0.15) is 11.8 Å². The van der Waals surface area contributed by atoms with E-state index in [0.29, 0.717) is 11.3 Å². The van der Waals surface area contributed by atoms with E-state index in [9.17, 15) is 24.3 Å². The van der Waals surface area contributed by atoms with E-state index in [2.05, 4.69) is 10.6 Å². The molecule has 3 atom stereocenters. The van der Waals surface area contributed by atoms with Crippen molar-refractivity contribution in [3.8, 4) is 0 Å². The number of carbonyl (C=O) groups is 4. The van der Waals surface area contributed by atoms with E-state index in [1.165, 1.54) is 11.8 Å².